The van der Waals surface area contributed by atoms with Gasteiger partial charge in [0.25, 0.3) is 11.8 Å². The van der Waals surface area contributed by atoms with Crippen molar-refractivity contribution in [2.45, 2.75) is 37.9 Å². The van der Waals surface area contributed by atoms with E-state index in [0.717, 1.165) is 18.9 Å². The highest BCUT2D eigenvalue weighted by atomic mass is 32.2. The molecule has 0 radical (unpaired) electrons. The zero-order valence-electron chi connectivity index (χ0n) is 23.5. The lowest BCUT2D eigenvalue weighted by atomic mass is 10.0. The predicted octanol–water partition coefficient (Wildman–Crippen LogP) is 4.95. The molecule has 0 spiro atoms. The van der Waals surface area contributed by atoms with Crippen LogP contribution >= 0.6 is 10.5 Å². The normalized spacial score (nSPS) is 21.2. The zero-order chi connectivity index (χ0) is 31.6. The number of methoxy groups -OCH3 is 1. The summed E-state index contributed by atoms with van der Waals surface area (Å²) in [5, 5.41) is 2.48. The average Bonchev–Trinajstić information content (AvgIpc) is 3.65. The third-order valence-corrected chi connectivity index (χ3v) is 9.33. The topological polar surface area (TPSA) is 80.7 Å². The van der Waals surface area contributed by atoms with Crippen LogP contribution in [0.15, 0.2) is 41.4 Å². The summed E-state index contributed by atoms with van der Waals surface area (Å²) < 4.78 is 96.1. The molecule has 2 aromatic carbocycles. The van der Waals surface area contributed by atoms with E-state index < -0.39 is 52.2 Å². The first-order valence-corrected chi connectivity index (χ1v) is 15.2. The van der Waals surface area contributed by atoms with E-state index in [-0.39, 0.29) is 35.1 Å². The number of rotatable bonds is 6. The molecule has 0 aromatic heterocycles. The summed E-state index contributed by atoms with van der Waals surface area (Å²) in [5.41, 5.74) is -2.66. The highest BCUT2D eigenvalue weighted by Gasteiger charge is 2.38. The minimum atomic E-state index is -5.02. The second kappa shape index (κ2) is 12.8. The third-order valence-electron chi connectivity index (χ3n) is 7.39. The van der Waals surface area contributed by atoms with Gasteiger partial charge in [-0.1, -0.05) is 12.1 Å². The zero-order valence-corrected chi connectivity index (χ0v) is 24.4. The number of aliphatic imine (C=N–C) groups is 1. The fourth-order valence-corrected chi connectivity index (χ4v) is 7.02. The molecule has 5 rings (SSSR count). The second-order valence-electron chi connectivity index (χ2n) is 10.4. The van der Waals surface area contributed by atoms with E-state index in [9.17, 15) is 35.9 Å². The van der Waals surface area contributed by atoms with Gasteiger partial charge in [-0.15, -0.1) is 10.5 Å². The van der Waals surface area contributed by atoms with Crippen molar-refractivity contribution in [3.8, 4) is 11.5 Å². The molecule has 15 heteroatoms. The third kappa shape index (κ3) is 7.20. The molecule has 0 saturated carbocycles. The Labute approximate surface area is 251 Å². The van der Waals surface area contributed by atoms with Gasteiger partial charge >= 0.3 is 12.4 Å². The fourth-order valence-electron chi connectivity index (χ4n) is 5.16. The summed E-state index contributed by atoms with van der Waals surface area (Å²) in [6, 6.07) is 6.11. The summed E-state index contributed by atoms with van der Waals surface area (Å²) in [6.45, 7) is 1.94. The van der Waals surface area contributed by atoms with Gasteiger partial charge in [-0.25, -0.2) is 0 Å². The van der Waals surface area contributed by atoms with Crippen LogP contribution in [0.2, 0.25) is 0 Å². The molecule has 0 bridgehead atoms. The lowest BCUT2D eigenvalue weighted by Gasteiger charge is -2.37. The van der Waals surface area contributed by atoms with Crippen LogP contribution in [0.1, 0.15) is 35.1 Å². The molecule has 238 valence electrons. The summed E-state index contributed by atoms with van der Waals surface area (Å²) >= 11 is 0. The average molecular weight is 646 g/mol. The van der Waals surface area contributed by atoms with Crippen LogP contribution in [0.3, 0.4) is 0 Å². The lowest BCUT2D eigenvalue weighted by Crippen LogP contribution is -2.52. The minimum absolute atomic E-state index is 0.0143. The van der Waals surface area contributed by atoms with Crippen molar-refractivity contribution in [1.29, 1.82) is 0 Å². The number of piperazine rings is 1. The van der Waals surface area contributed by atoms with Crippen molar-refractivity contribution < 1.29 is 50.1 Å². The molecule has 0 aliphatic carbocycles. The molecule has 2 amide bonds. The Balaban J connectivity index is 1.28. The minimum Gasteiger partial charge on any atom is -0.493 e. The number of carbonyl (C=O) groups excluding carboxylic acids is 2. The Morgan fingerprint density at radius 1 is 1.05 bits per heavy atom. The Morgan fingerprint density at radius 3 is 2.43 bits per heavy atom. The molecule has 2 aromatic rings. The summed E-state index contributed by atoms with van der Waals surface area (Å²) in [4.78, 5) is 33.0. The Morgan fingerprint density at radius 2 is 1.80 bits per heavy atom. The van der Waals surface area contributed by atoms with Gasteiger partial charge in [0.1, 0.15) is 12.7 Å². The van der Waals surface area contributed by atoms with Crippen molar-refractivity contribution >= 4 is 32.8 Å². The van der Waals surface area contributed by atoms with Crippen LogP contribution in [-0.2, 0) is 33.3 Å². The van der Waals surface area contributed by atoms with Gasteiger partial charge in [0.05, 0.1) is 24.0 Å². The van der Waals surface area contributed by atoms with Gasteiger partial charge in [-0.2, -0.15) is 31.3 Å². The Hall–Kier alpha value is -3.59. The maximum absolute atomic E-state index is 13.5. The Bertz CT molecular complexity index is 1480. The molecule has 3 aliphatic heterocycles. The van der Waals surface area contributed by atoms with E-state index in [2.05, 4.69) is 4.99 Å². The van der Waals surface area contributed by atoms with Gasteiger partial charge < -0.3 is 24.0 Å². The molecule has 2 atom stereocenters. The van der Waals surface area contributed by atoms with E-state index in [1.165, 1.54) is 13.2 Å². The second-order valence-corrected chi connectivity index (χ2v) is 12.1. The molecule has 0 N–H and O–H groups in total. The van der Waals surface area contributed by atoms with E-state index in [1.54, 1.807) is 17.0 Å². The number of alkyl halides is 6. The van der Waals surface area contributed by atoms with Crippen molar-refractivity contribution in [3.05, 3.63) is 58.7 Å². The van der Waals surface area contributed by atoms with Gasteiger partial charge in [-0.3, -0.25) is 9.59 Å². The maximum atomic E-state index is 13.5. The summed E-state index contributed by atoms with van der Waals surface area (Å²) in [6.07, 6.45) is -8.76. The molecule has 2 unspecified atom stereocenters. The SMILES string of the molecule is COc1cc(C=S2CC(=O)N=C2N2CCN(C(=O)C3CCCO3)CC2)ccc1OCc1ccc(C(F)(F)F)cc1C(F)(F)F. The van der Waals surface area contributed by atoms with Crippen molar-refractivity contribution in [2.24, 2.45) is 4.99 Å². The van der Waals surface area contributed by atoms with Crippen LogP contribution in [0.25, 0.3) is 0 Å². The number of hydrogen-bond donors (Lipinski definition) is 0. The molecule has 2 saturated heterocycles. The quantitative estimate of drug-likeness (QED) is 0.327. The number of benzene rings is 2. The fraction of sp³-hybridized carbons (Fsp3) is 0.448. The first-order chi connectivity index (χ1) is 20.8. The monoisotopic (exact) mass is 645 g/mol. The smallest absolute Gasteiger partial charge is 0.416 e. The molecule has 2 fully saturated rings. The highest BCUT2D eigenvalue weighted by Crippen LogP contribution is 2.38. The molecule has 3 aliphatic rings. The van der Waals surface area contributed by atoms with Gasteiger partial charge in [0.15, 0.2) is 16.7 Å². The number of amides is 2. The maximum Gasteiger partial charge on any atom is 0.416 e. The van der Waals surface area contributed by atoms with E-state index >= 15 is 0 Å². The van der Waals surface area contributed by atoms with E-state index in [1.807, 2.05) is 10.3 Å². The lowest BCUT2D eigenvalue weighted by molar-refractivity contribution is -0.144. The largest absolute Gasteiger partial charge is 0.493 e. The number of hydrogen-bond acceptors (Lipinski definition) is 6. The molecular formula is C29H29F6N3O5S. The number of carbonyl (C=O) groups is 2. The Kier molecular flexibility index (Phi) is 9.25. The van der Waals surface area contributed by atoms with E-state index in [0.29, 0.717) is 49.6 Å². The number of nitrogens with zero attached hydrogens (tertiary/aromatic N) is 3. The summed E-state index contributed by atoms with van der Waals surface area (Å²) in [7, 11) is 0.663. The van der Waals surface area contributed by atoms with Crippen molar-refractivity contribution in [3.63, 3.8) is 0 Å². The standard InChI is InChI=1S/C29H29F6N3O5S/c1-41-24-13-18(4-7-22(24)43-15-19-5-6-20(28(30,31)32)14-21(19)29(33,34)35)16-44-17-25(39)36-27(44)38-10-8-37(9-11-38)26(40)23-3-2-12-42-23/h4-7,13-14,16,23H,2-3,8-12,15,17H2,1H3. The first kappa shape index (κ1) is 31.8. The van der Waals surface area contributed by atoms with Crippen LogP contribution in [0.5, 0.6) is 11.5 Å². The van der Waals surface area contributed by atoms with Crippen molar-refractivity contribution in [1.82, 2.24) is 9.80 Å². The highest BCUT2D eigenvalue weighted by molar-refractivity contribution is 8.28. The molecule has 3 heterocycles. The predicted molar refractivity (Wildman–Crippen MR) is 151 cm³/mol. The molecule has 44 heavy (non-hydrogen) atoms. The van der Waals surface area contributed by atoms with Crippen LogP contribution in [0, 0.1) is 0 Å². The first-order valence-electron chi connectivity index (χ1n) is 13.7. The van der Waals surface area contributed by atoms with Crippen molar-refractivity contribution in [2.75, 3.05) is 45.6 Å². The number of halogens is 6. The molecular weight excluding hydrogens is 616 g/mol. The molecule has 8 nitrogen and oxygen atoms in total. The van der Waals surface area contributed by atoms with Crippen LogP contribution in [0.4, 0.5) is 26.3 Å². The van der Waals surface area contributed by atoms with Gasteiger partial charge in [0.2, 0.25) is 0 Å². The van der Waals surface area contributed by atoms with Gasteiger partial charge in [0, 0.05) is 38.3 Å². The number of ether oxygens (including phenoxy) is 3. The van der Waals surface area contributed by atoms with Crippen LogP contribution < -0.4 is 9.47 Å². The van der Waals surface area contributed by atoms with E-state index in [4.69, 9.17) is 14.2 Å². The van der Waals surface area contributed by atoms with Gasteiger partial charge in [-0.05, 0) is 48.0 Å². The summed E-state index contributed by atoms with van der Waals surface area (Å²) in [5.74, 6) is 0.178. The van der Waals surface area contributed by atoms with Crippen LogP contribution in [-0.4, -0.2) is 83.9 Å². The number of amidine groups is 1.